The number of aromatic nitrogens is 1. The molecule has 0 fully saturated rings. The molecule has 7 nitrogen and oxygen atoms in total. The molecular weight excluding hydrogens is 410 g/mol. The molecule has 2 rings (SSSR count). The highest BCUT2D eigenvalue weighted by molar-refractivity contribution is 7.09. The first-order valence-electron chi connectivity index (χ1n) is 10.9. The van der Waals surface area contributed by atoms with Crippen molar-refractivity contribution in [2.75, 3.05) is 40.4 Å². The first-order chi connectivity index (χ1) is 15.0. The van der Waals surface area contributed by atoms with Crippen molar-refractivity contribution < 1.29 is 9.47 Å². The van der Waals surface area contributed by atoms with E-state index in [9.17, 15) is 0 Å². The minimum Gasteiger partial charge on any atom is -0.493 e. The standard InChI is InChI=1S/C23H37N5O2S/c1-7-28(8-2)11-12-30-20-10-9-18(13-21(20)29-6)14-25-23(24-5)26-15-22-27-19(16-31-22)17(3)4/h9-10,13,16-17H,7-8,11-12,14-15H2,1-6H3,(H2,24,25,26). The molecule has 31 heavy (non-hydrogen) atoms. The first-order valence-corrected chi connectivity index (χ1v) is 11.8. The zero-order chi connectivity index (χ0) is 22.6. The largest absolute Gasteiger partial charge is 0.493 e. The van der Waals surface area contributed by atoms with Crippen molar-refractivity contribution in [3.63, 3.8) is 0 Å². The Bertz CT molecular complexity index is 818. The fraction of sp³-hybridized carbons (Fsp3) is 0.565. The van der Waals surface area contributed by atoms with Crippen LogP contribution in [-0.4, -0.2) is 56.2 Å². The Kier molecular flexibility index (Phi) is 10.6. The summed E-state index contributed by atoms with van der Waals surface area (Å²) in [7, 11) is 3.44. The predicted octanol–water partition coefficient (Wildman–Crippen LogP) is 3.86. The van der Waals surface area contributed by atoms with Crippen LogP contribution in [0.1, 0.15) is 49.9 Å². The van der Waals surface area contributed by atoms with E-state index in [2.05, 4.69) is 58.6 Å². The molecule has 1 aromatic carbocycles. The van der Waals surface area contributed by atoms with E-state index in [-0.39, 0.29) is 0 Å². The molecule has 0 saturated carbocycles. The van der Waals surface area contributed by atoms with Gasteiger partial charge < -0.3 is 25.0 Å². The van der Waals surface area contributed by atoms with Gasteiger partial charge in [-0.2, -0.15) is 0 Å². The molecule has 0 radical (unpaired) electrons. The molecule has 0 saturated heterocycles. The summed E-state index contributed by atoms with van der Waals surface area (Å²) >= 11 is 1.67. The lowest BCUT2D eigenvalue weighted by molar-refractivity contribution is 0.217. The van der Waals surface area contributed by atoms with Gasteiger partial charge >= 0.3 is 0 Å². The zero-order valence-corrected chi connectivity index (χ0v) is 20.5. The molecular formula is C23H37N5O2S. The van der Waals surface area contributed by atoms with E-state index in [4.69, 9.17) is 9.47 Å². The molecule has 0 bridgehead atoms. The number of thiazole rings is 1. The van der Waals surface area contributed by atoms with Crippen LogP contribution in [0.3, 0.4) is 0 Å². The van der Waals surface area contributed by atoms with Gasteiger partial charge in [-0.1, -0.05) is 33.8 Å². The van der Waals surface area contributed by atoms with E-state index in [0.29, 0.717) is 25.6 Å². The highest BCUT2D eigenvalue weighted by Gasteiger charge is 2.09. The Morgan fingerprint density at radius 3 is 2.52 bits per heavy atom. The lowest BCUT2D eigenvalue weighted by Crippen LogP contribution is -2.36. The van der Waals surface area contributed by atoms with Crippen molar-refractivity contribution in [3.05, 3.63) is 39.8 Å². The van der Waals surface area contributed by atoms with Crippen molar-refractivity contribution in [3.8, 4) is 11.5 Å². The molecule has 0 amide bonds. The van der Waals surface area contributed by atoms with Crippen LogP contribution in [-0.2, 0) is 13.1 Å². The fourth-order valence-corrected chi connectivity index (χ4v) is 3.90. The molecule has 2 N–H and O–H groups in total. The van der Waals surface area contributed by atoms with Crippen molar-refractivity contribution >= 4 is 17.3 Å². The summed E-state index contributed by atoms with van der Waals surface area (Å²) in [6, 6.07) is 6.02. The number of hydrogen-bond acceptors (Lipinski definition) is 6. The lowest BCUT2D eigenvalue weighted by Gasteiger charge is -2.19. The topological polar surface area (TPSA) is 71.0 Å². The minimum absolute atomic E-state index is 0.446. The maximum Gasteiger partial charge on any atom is 0.191 e. The van der Waals surface area contributed by atoms with Crippen LogP contribution in [0.4, 0.5) is 0 Å². The molecule has 2 aromatic rings. The third-order valence-corrected chi connectivity index (χ3v) is 5.91. The van der Waals surface area contributed by atoms with Gasteiger partial charge in [-0.15, -0.1) is 11.3 Å². The minimum atomic E-state index is 0.446. The smallest absolute Gasteiger partial charge is 0.191 e. The number of methoxy groups -OCH3 is 1. The molecule has 1 aromatic heterocycles. The van der Waals surface area contributed by atoms with Crippen molar-refractivity contribution in [2.45, 2.75) is 46.7 Å². The zero-order valence-electron chi connectivity index (χ0n) is 19.7. The highest BCUT2D eigenvalue weighted by Crippen LogP contribution is 2.28. The van der Waals surface area contributed by atoms with E-state index >= 15 is 0 Å². The summed E-state index contributed by atoms with van der Waals surface area (Å²) in [5.74, 6) is 2.69. The Morgan fingerprint density at radius 2 is 1.90 bits per heavy atom. The van der Waals surface area contributed by atoms with E-state index in [0.717, 1.165) is 53.4 Å². The summed E-state index contributed by atoms with van der Waals surface area (Å²) in [5.41, 5.74) is 2.23. The van der Waals surface area contributed by atoms with E-state index < -0.39 is 0 Å². The molecule has 172 valence electrons. The second-order valence-electron chi connectivity index (χ2n) is 7.46. The van der Waals surface area contributed by atoms with Crippen molar-refractivity contribution in [1.82, 2.24) is 20.5 Å². The number of benzene rings is 1. The van der Waals surface area contributed by atoms with Gasteiger partial charge in [0.25, 0.3) is 0 Å². The third kappa shape index (κ3) is 8.03. The number of nitrogens with one attached hydrogen (secondary N) is 2. The quantitative estimate of drug-likeness (QED) is 0.380. The van der Waals surface area contributed by atoms with Crippen molar-refractivity contribution in [2.24, 2.45) is 4.99 Å². The normalized spacial score (nSPS) is 11.8. The van der Waals surface area contributed by atoms with Crippen LogP contribution in [0.5, 0.6) is 11.5 Å². The third-order valence-electron chi connectivity index (χ3n) is 5.04. The second kappa shape index (κ2) is 13.2. The lowest BCUT2D eigenvalue weighted by atomic mass is 10.2. The molecule has 0 aliphatic carbocycles. The van der Waals surface area contributed by atoms with E-state index in [1.165, 1.54) is 0 Å². The average molecular weight is 448 g/mol. The van der Waals surface area contributed by atoms with Gasteiger partial charge in [0.1, 0.15) is 11.6 Å². The second-order valence-corrected chi connectivity index (χ2v) is 8.40. The number of ether oxygens (including phenoxy) is 2. The first kappa shape index (κ1) is 24.9. The van der Waals surface area contributed by atoms with E-state index in [1.807, 2.05) is 18.2 Å². The highest BCUT2D eigenvalue weighted by atomic mass is 32.1. The van der Waals surface area contributed by atoms with Gasteiger partial charge in [0.2, 0.25) is 0 Å². The van der Waals surface area contributed by atoms with Gasteiger partial charge in [-0.05, 0) is 36.7 Å². The Morgan fingerprint density at radius 1 is 1.16 bits per heavy atom. The average Bonchev–Trinajstić information content (AvgIpc) is 3.27. The number of rotatable bonds is 12. The molecule has 8 heteroatoms. The molecule has 0 unspecified atom stereocenters. The number of hydrogen-bond donors (Lipinski definition) is 2. The van der Waals surface area contributed by atoms with Crippen molar-refractivity contribution in [1.29, 1.82) is 0 Å². The molecule has 0 atom stereocenters. The van der Waals surface area contributed by atoms with Crippen LogP contribution in [0, 0.1) is 0 Å². The summed E-state index contributed by atoms with van der Waals surface area (Å²) in [5, 5.41) is 9.84. The fourth-order valence-electron chi connectivity index (χ4n) is 3.00. The summed E-state index contributed by atoms with van der Waals surface area (Å²) in [6.45, 7) is 13.5. The van der Waals surface area contributed by atoms with Gasteiger partial charge in [0, 0.05) is 25.5 Å². The van der Waals surface area contributed by atoms with Crippen LogP contribution >= 0.6 is 11.3 Å². The Hall–Kier alpha value is -2.32. The van der Waals surface area contributed by atoms with Crippen LogP contribution in [0.15, 0.2) is 28.6 Å². The predicted molar refractivity (Wildman–Crippen MR) is 130 cm³/mol. The SMILES string of the molecule is CCN(CC)CCOc1ccc(CNC(=NC)NCc2nc(C(C)C)cs2)cc1OC. The maximum absolute atomic E-state index is 5.94. The summed E-state index contributed by atoms with van der Waals surface area (Å²) in [6.07, 6.45) is 0. The monoisotopic (exact) mass is 447 g/mol. The van der Waals surface area contributed by atoms with Crippen LogP contribution in [0.2, 0.25) is 0 Å². The van der Waals surface area contributed by atoms with Gasteiger partial charge in [-0.25, -0.2) is 4.98 Å². The van der Waals surface area contributed by atoms with Gasteiger partial charge in [0.05, 0.1) is 19.3 Å². The Balaban J connectivity index is 1.86. The summed E-state index contributed by atoms with van der Waals surface area (Å²) < 4.78 is 11.5. The molecule has 0 spiro atoms. The number of guanidine groups is 1. The van der Waals surface area contributed by atoms with Gasteiger partial charge in [0.15, 0.2) is 17.5 Å². The summed E-state index contributed by atoms with van der Waals surface area (Å²) in [4.78, 5) is 11.3. The molecule has 1 heterocycles. The molecule has 0 aliphatic heterocycles. The maximum atomic E-state index is 5.94. The Labute approximate surface area is 190 Å². The van der Waals surface area contributed by atoms with E-state index in [1.54, 1.807) is 25.5 Å². The number of aliphatic imine (C=N–C) groups is 1. The molecule has 0 aliphatic rings. The van der Waals surface area contributed by atoms with Gasteiger partial charge in [-0.3, -0.25) is 4.99 Å². The van der Waals surface area contributed by atoms with Crippen LogP contribution in [0.25, 0.3) is 0 Å². The number of nitrogens with zero attached hydrogens (tertiary/aromatic N) is 3. The number of likely N-dealkylation sites (N-methyl/N-ethyl adjacent to an activating group) is 1. The van der Waals surface area contributed by atoms with Crippen LogP contribution < -0.4 is 20.1 Å².